The first kappa shape index (κ1) is 13.7. The molecule has 1 aromatic rings. The van der Waals surface area contributed by atoms with E-state index in [9.17, 15) is 8.42 Å². The van der Waals surface area contributed by atoms with Crippen molar-refractivity contribution in [2.75, 3.05) is 6.26 Å². The van der Waals surface area contributed by atoms with Crippen LogP contribution < -0.4 is 0 Å². The molecular weight excluding hydrogens is 236 g/mol. The molecule has 0 saturated heterocycles. The van der Waals surface area contributed by atoms with Crippen molar-refractivity contribution in [2.24, 2.45) is 0 Å². The molecule has 0 bridgehead atoms. The van der Waals surface area contributed by atoms with Crippen LogP contribution in [0.5, 0.6) is 0 Å². The van der Waals surface area contributed by atoms with E-state index >= 15 is 0 Å². The number of nitrogens with zero attached hydrogens (tertiary/aromatic N) is 2. The lowest BCUT2D eigenvalue weighted by Gasteiger charge is -2.30. The SMILES string of the molecule is CC(C)(C#N)N(Cc1ccccc1)S(C)(=O)=O. The molecule has 0 aromatic heterocycles. The highest BCUT2D eigenvalue weighted by Gasteiger charge is 2.33. The van der Waals surface area contributed by atoms with Gasteiger partial charge in [0.2, 0.25) is 10.0 Å². The Kier molecular flexibility index (Phi) is 3.91. The topological polar surface area (TPSA) is 61.2 Å². The summed E-state index contributed by atoms with van der Waals surface area (Å²) in [4.78, 5) is 0. The lowest BCUT2D eigenvalue weighted by atomic mass is 10.1. The highest BCUT2D eigenvalue weighted by molar-refractivity contribution is 7.88. The lowest BCUT2D eigenvalue weighted by molar-refractivity contribution is 0.284. The zero-order valence-corrected chi connectivity index (χ0v) is 11.0. The minimum atomic E-state index is -3.42. The summed E-state index contributed by atoms with van der Waals surface area (Å²) in [5, 5.41) is 9.05. The minimum absolute atomic E-state index is 0.209. The van der Waals surface area contributed by atoms with E-state index in [1.54, 1.807) is 13.8 Å². The van der Waals surface area contributed by atoms with Gasteiger partial charge in [-0.05, 0) is 19.4 Å². The number of nitriles is 1. The second-order valence-electron chi connectivity index (χ2n) is 4.43. The van der Waals surface area contributed by atoms with Crippen LogP contribution in [0.2, 0.25) is 0 Å². The Labute approximate surface area is 103 Å². The minimum Gasteiger partial charge on any atom is -0.212 e. The molecule has 4 nitrogen and oxygen atoms in total. The fourth-order valence-corrected chi connectivity index (χ4v) is 2.79. The summed E-state index contributed by atoms with van der Waals surface area (Å²) in [7, 11) is -3.42. The molecule has 1 rings (SSSR count). The van der Waals surface area contributed by atoms with Crippen LogP contribution in [0.25, 0.3) is 0 Å². The van der Waals surface area contributed by atoms with Gasteiger partial charge in [-0.1, -0.05) is 30.3 Å². The predicted molar refractivity (Wildman–Crippen MR) is 66.5 cm³/mol. The molecular formula is C12H16N2O2S. The molecule has 1 aromatic carbocycles. The average Bonchev–Trinajstić information content (AvgIpc) is 2.25. The first-order valence-electron chi connectivity index (χ1n) is 5.20. The Bertz CT molecular complexity index is 515. The van der Waals surface area contributed by atoms with E-state index in [0.29, 0.717) is 0 Å². The van der Waals surface area contributed by atoms with Gasteiger partial charge in [0.25, 0.3) is 0 Å². The molecule has 0 atom stereocenters. The Morgan fingerprint density at radius 3 is 2.24 bits per heavy atom. The van der Waals surface area contributed by atoms with Gasteiger partial charge in [-0.15, -0.1) is 0 Å². The third-order valence-electron chi connectivity index (χ3n) is 2.47. The van der Waals surface area contributed by atoms with Crippen LogP contribution in [-0.4, -0.2) is 24.5 Å². The largest absolute Gasteiger partial charge is 0.212 e. The van der Waals surface area contributed by atoms with E-state index in [2.05, 4.69) is 0 Å². The van der Waals surface area contributed by atoms with Gasteiger partial charge < -0.3 is 0 Å². The Morgan fingerprint density at radius 2 is 1.82 bits per heavy atom. The molecule has 0 unspecified atom stereocenters. The Balaban J connectivity index is 3.08. The van der Waals surface area contributed by atoms with Crippen LogP contribution in [0.1, 0.15) is 19.4 Å². The van der Waals surface area contributed by atoms with Gasteiger partial charge in [-0.3, -0.25) is 0 Å². The normalized spacial score (nSPS) is 12.4. The van der Waals surface area contributed by atoms with Gasteiger partial charge in [-0.25, -0.2) is 8.42 Å². The van der Waals surface area contributed by atoms with E-state index in [0.717, 1.165) is 11.8 Å². The molecule has 0 amide bonds. The first-order chi connectivity index (χ1) is 7.77. The molecule has 92 valence electrons. The van der Waals surface area contributed by atoms with Crippen LogP contribution in [0.3, 0.4) is 0 Å². The molecule has 0 N–H and O–H groups in total. The molecule has 5 heteroatoms. The van der Waals surface area contributed by atoms with Gasteiger partial charge in [0.15, 0.2) is 0 Å². The summed E-state index contributed by atoms with van der Waals surface area (Å²) in [6.45, 7) is 3.40. The third kappa shape index (κ3) is 3.55. The molecule has 17 heavy (non-hydrogen) atoms. The number of benzene rings is 1. The van der Waals surface area contributed by atoms with Gasteiger partial charge in [-0.2, -0.15) is 9.57 Å². The number of hydrogen-bond acceptors (Lipinski definition) is 3. The fourth-order valence-electron chi connectivity index (χ4n) is 1.53. The smallest absolute Gasteiger partial charge is 0.212 e. The van der Waals surface area contributed by atoms with E-state index in [-0.39, 0.29) is 6.54 Å². The molecule has 0 aliphatic heterocycles. The average molecular weight is 252 g/mol. The van der Waals surface area contributed by atoms with Crippen molar-refractivity contribution in [3.05, 3.63) is 35.9 Å². The van der Waals surface area contributed by atoms with Crippen molar-refractivity contribution in [2.45, 2.75) is 25.9 Å². The van der Waals surface area contributed by atoms with Crippen LogP contribution >= 0.6 is 0 Å². The zero-order valence-electron chi connectivity index (χ0n) is 10.2. The molecule has 0 spiro atoms. The molecule has 0 heterocycles. The maximum atomic E-state index is 11.7. The Morgan fingerprint density at radius 1 is 1.29 bits per heavy atom. The van der Waals surface area contributed by atoms with Crippen molar-refractivity contribution in [1.82, 2.24) is 4.31 Å². The highest BCUT2D eigenvalue weighted by Crippen LogP contribution is 2.20. The van der Waals surface area contributed by atoms with E-state index in [4.69, 9.17) is 5.26 Å². The highest BCUT2D eigenvalue weighted by atomic mass is 32.2. The van der Waals surface area contributed by atoms with E-state index in [1.165, 1.54) is 4.31 Å². The van der Waals surface area contributed by atoms with E-state index < -0.39 is 15.6 Å². The number of rotatable bonds is 4. The molecule has 0 fully saturated rings. The van der Waals surface area contributed by atoms with Crippen LogP contribution in [0.15, 0.2) is 30.3 Å². The predicted octanol–water partition coefficient (Wildman–Crippen LogP) is 1.75. The van der Waals surface area contributed by atoms with E-state index in [1.807, 2.05) is 36.4 Å². The third-order valence-corrected chi connectivity index (χ3v) is 3.85. The van der Waals surface area contributed by atoms with Crippen molar-refractivity contribution in [1.29, 1.82) is 5.26 Å². The van der Waals surface area contributed by atoms with Crippen LogP contribution in [-0.2, 0) is 16.6 Å². The fraction of sp³-hybridized carbons (Fsp3) is 0.417. The second kappa shape index (κ2) is 4.86. The number of hydrogen-bond donors (Lipinski definition) is 0. The summed E-state index contributed by atoms with van der Waals surface area (Å²) < 4.78 is 24.6. The molecule has 0 radical (unpaired) electrons. The summed E-state index contributed by atoms with van der Waals surface area (Å²) in [5.74, 6) is 0. The van der Waals surface area contributed by atoms with Crippen LogP contribution in [0, 0.1) is 11.3 Å². The molecule has 0 aliphatic rings. The van der Waals surface area contributed by atoms with Crippen LogP contribution in [0.4, 0.5) is 0 Å². The van der Waals surface area contributed by atoms with Crippen molar-refractivity contribution in [3.8, 4) is 6.07 Å². The van der Waals surface area contributed by atoms with Gasteiger partial charge in [0, 0.05) is 6.54 Å². The summed E-state index contributed by atoms with van der Waals surface area (Å²) in [5.41, 5.74) is -0.190. The standard InChI is InChI=1S/C12H16N2O2S/c1-12(2,10-13)14(17(3,15)16)9-11-7-5-4-6-8-11/h4-8H,9H2,1-3H3. The summed E-state index contributed by atoms with van der Waals surface area (Å²) >= 11 is 0. The quantitative estimate of drug-likeness (QED) is 0.820. The Hall–Kier alpha value is -1.38. The maximum Gasteiger partial charge on any atom is 0.212 e. The molecule has 0 aliphatic carbocycles. The summed E-state index contributed by atoms with van der Waals surface area (Å²) in [6, 6.07) is 11.2. The molecule has 0 saturated carbocycles. The van der Waals surface area contributed by atoms with Crippen molar-refractivity contribution in [3.63, 3.8) is 0 Å². The zero-order chi connectivity index (χ0) is 13.1. The van der Waals surface area contributed by atoms with Crippen molar-refractivity contribution < 1.29 is 8.42 Å². The monoisotopic (exact) mass is 252 g/mol. The lowest BCUT2D eigenvalue weighted by Crippen LogP contribution is -2.45. The van der Waals surface area contributed by atoms with Gasteiger partial charge >= 0.3 is 0 Å². The van der Waals surface area contributed by atoms with Gasteiger partial charge in [0.05, 0.1) is 12.3 Å². The van der Waals surface area contributed by atoms with Gasteiger partial charge in [0.1, 0.15) is 5.54 Å². The second-order valence-corrected chi connectivity index (χ2v) is 6.33. The number of sulfonamides is 1. The first-order valence-corrected chi connectivity index (χ1v) is 7.05. The van der Waals surface area contributed by atoms with Crippen molar-refractivity contribution >= 4 is 10.0 Å². The maximum absolute atomic E-state index is 11.7. The summed E-state index contributed by atoms with van der Waals surface area (Å²) in [6.07, 6.45) is 1.12.